The van der Waals surface area contributed by atoms with E-state index in [2.05, 4.69) is 10.3 Å². The van der Waals surface area contributed by atoms with Crippen LogP contribution in [0.25, 0.3) is 0 Å². The van der Waals surface area contributed by atoms with Gasteiger partial charge >= 0.3 is 5.97 Å². The predicted octanol–water partition coefficient (Wildman–Crippen LogP) is 1.92. The fraction of sp³-hybridized carbons (Fsp3) is 0.824. The summed E-state index contributed by atoms with van der Waals surface area (Å²) in [7, 11) is 1.46. The number of hydrogen-bond acceptors (Lipinski definition) is 6. The molecule has 2 aliphatic rings. The first-order valence-electron chi connectivity index (χ1n) is 8.70. The maximum absolute atomic E-state index is 11.6. The Labute approximate surface area is 142 Å². The SMILES string of the molecule is COC(=O)C1CCC(c2cn(CC3COCC(C)(C)O3)nn2)CC1. The number of hydrogen-bond donors (Lipinski definition) is 0. The van der Waals surface area contributed by atoms with Crippen LogP contribution in [0.15, 0.2) is 6.20 Å². The van der Waals surface area contributed by atoms with Crippen molar-refractivity contribution in [2.45, 2.75) is 63.7 Å². The maximum Gasteiger partial charge on any atom is 0.308 e. The summed E-state index contributed by atoms with van der Waals surface area (Å²) in [5, 5.41) is 8.58. The van der Waals surface area contributed by atoms with E-state index in [4.69, 9.17) is 14.2 Å². The highest BCUT2D eigenvalue weighted by Crippen LogP contribution is 2.35. The topological polar surface area (TPSA) is 75.5 Å². The number of nitrogens with zero attached hydrogens (tertiary/aromatic N) is 3. The third-order valence-corrected chi connectivity index (χ3v) is 4.87. The Morgan fingerprint density at radius 2 is 2.12 bits per heavy atom. The maximum atomic E-state index is 11.6. The van der Waals surface area contributed by atoms with Crippen molar-refractivity contribution in [1.29, 1.82) is 0 Å². The Kier molecular flexibility index (Phi) is 5.20. The molecule has 3 rings (SSSR count). The third-order valence-electron chi connectivity index (χ3n) is 4.87. The van der Waals surface area contributed by atoms with E-state index in [0.717, 1.165) is 31.4 Å². The van der Waals surface area contributed by atoms with Gasteiger partial charge in [0.05, 0.1) is 44.1 Å². The molecule has 7 nitrogen and oxygen atoms in total. The molecule has 1 aliphatic heterocycles. The van der Waals surface area contributed by atoms with Gasteiger partial charge in [-0.05, 0) is 39.5 Å². The zero-order chi connectivity index (χ0) is 17.2. The normalized spacial score (nSPS) is 30.0. The number of rotatable bonds is 4. The molecule has 0 aromatic carbocycles. The molecule has 1 aliphatic carbocycles. The molecule has 2 fully saturated rings. The predicted molar refractivity (Wildman–Crippen MR) is 86.5 cm³/mol. The second-order valence-corrected chi connectivity index (χ2v) is 7.45. The molecule has 1 aromatic heterocycles. The van der Waals surface area contributed by atoms with Crippen molar-refractivity contribution in [3.8, 4) is 0 Å². The van der Waals surface area contributed by atoms with Crippen LogP contribution in [0.5, 0.6) is 0 Å². The van der Waals surface area contributed by atoms with Crippen molar-refractivity contribution in [3.63, 3.8) is 0 Å². The molecular weight excluding hydrogens is 310 g/mol. The summed E-state index contributed by atoms with van der Waals surface area (Å²) >= 11 is 0. The van der Waals surface area contributed by atoms with E-state index in [1.807, 2.05) is 24.7 Å². The van der Waals surface area contributed by atoms with Crippen LogP contribution in [-0.2, 0) is 25.5 Å². The van der Waals surface area contributed by atoms with E-state index in [-0.39, 0.29) is 23.6 Å². The largest absolute Gasteiger partial charge is 0.469 e. The third kappa shape index (κ3) is 4.13. The van der Waals surface area contributed by atoms with Crippen LogP contribution in [0.3, 0.4) is 0 Å². The standard InChI is InChI=1S/C17H27N3O4/c1-17(2)11-23-10-14(24-17)8-20-9-15(18-19-20)12-4-6-13(7-5-12)16(21)22-3/h9,12-14H,4-8,10-11H2,1-3H3. The molecule has 1 saturated heterocycles. The second kappa shape index (κ2) is 7.19. The molecule has 1 saturated carbocycles. The lowest BCUT2D eigenvalue weighted by Crippen LogP contribution is -2.44. The van der Waals surface area contributed by atoms with Crippen LogP contribution in [0, 0.1) is 5.92 Å². The first kappa shape index (κ1) is 17.4. The summed E-state index contributed by atoms with van der Waals surface area (Å²) in [4.78, 5) is 11.6. The van der Waals surface area contributed by atoms with Crippen molar-refractivity contribution in [1.82, 2.24) is 15.0 Å². The average Bonchev–Trinajstić information content (AvgIpc) is 3.02. The molecule has 0 spiro atoms. The summed E-state index contributed by atoms with van der Waals surface area (Å²) < 4.78 is 18.3. The molecule has 2 heterocycles. The Hall–Kier alpha value is -1.47. The van der Waals surface area contributed by atoms with Gasteiger partial charge in [-0.25, -0.2) is 4.68 Å². The van der Waals surface area contributed by atoms with Gasteiger partial charge in [-0.1, -0.05) is 5.21 Å². The summed E-state index contributed by atoms with van der Waals surface area (Å²) in [6, 6.07) is 0. The van der Waals surface area contributed by atoms with Crippen molar-refractivity contribution in [2.24, 2.45) is 5.92 Å². The van der Waals surface area contributed by atoms with Gasteiger partial charge in [0.15, 0.2) is 0 Å². The zero-order valence-electron chi connectivity index (χ0n) is 14.7. The zero-order valence-corrected chi connectivity index (χ0v) is 14.7. The van der Waals surface area contributed by atoms with Gasteiger partial charge in [0.25, 0.3) is 0 Å². The number of ether oxygens (including phenoxy) is 3. The van der Waals surface area contributed by atoms with Crippen molar-refractivity contribution in [2.75, 3.05) is 20.3 Å². The first-order valence-corrected chi connectivity index (χ1v) is 8.70. The lowest BCUT2D eigenvalue weighted by atomic mass is 9.81. The van der Waals surface area contributed by atoms with Gasteiger partial charge in [-0.2, -0.15) is 0 Å². The molecule has 1 atom stereocenters. The minimum Gasteiger partial charge on any atom is -0.469 e. The van der Waals surface area contributed by atoms with Gasteiger partial charge in [-0.3, -0.25) is 4.79 Å². The first-order chi connectivity index (χ1) is 11.5. The molecule has 1 aromatic rings. The summed E-state index contributed by atoms with van der Waals surface area (Å²) in [6.45, 7) is 5.92. The quantitative estimate of drug-likeness (QED) is 0.781. The number of methoxy groups -OCH3 is 1. The van der Waals surface area contributed by atoms with Crippen LogP contribution in [0.1, 0.15) is 51.1 Å². The minimum atomic E-state index is -0.251. The van der Waals surface area contributed by atoms with Gasteiger partial charge in [-0.15, -0.1) is 5.10 Å². The monoisotopic (exact) mass is 337 g/mol. The Bertz CT molecular complexity index is 564. The molecule has 0 N–H and O–H groups in total. The van der Waals surface area contributed by atoms with Crippen LogP contribution in [0.2, 0.25) is 0 Å². The van der Waals surface area contributed by atoms with Gasteiger partial charge in [0.2, 0.25) is 0 Å². The smallest absolute Gasteiger partial charge is 0.308 e. The number of aromatic nitrogens is 3. The summed E-state index contributed by atoms with van der Waals surface area (Å²) in [6.07, 6.45) is 5.63. The van der Waals surface area contributed by atoms with Crippen LogP contribution in [0.4, 0.5) is 0 Å². The lowest BCUT2D eigenvalue weighted by Gasteiger charge is -2.35. The van der Waals surface area contributed by atoms with E-state index in [0.29, 0.717) is 25.7 Å². The van der Waals surface area contributed by atoms with Crippen molar-refractivity contribution < 1.29 is 19.0 Å². The van der Waals surface area contributed by atoms with Gasteiger partial charge < -0.3 is 14.2 Å². The molecule has 7 heteroatoms. The molecule has 134 valence electrons. The molecular formula is C17H27N3O4. The van der Waals surface area contributed by atoms with Crippen molar-refractivity contribution >= 4 is 5.97 Å². The average molecular weight is 337 g/mol. The second-order valence-electron chi connectivity index (χ2n) is 7.45. The molecule has 1 unspecified atom stereocenters. The van der Waals surface area contributed by atoms with Crippen LogP contribution >= 0.6 is 0 Å². The molecule has 24 heavy (non-hydrogen) atoms. The molecule has 0 bridgehead atoms. The lowest BCUT2D eigenvalue weighted by molar-refractivity contribution is -0.186. The highest BCUT2D eigenvalue weighted by Gasteiger charge is 2.31. The van der Waals surface area contributed by atoms with Gasteiger partial charge in [0, 0.05) is 12.1 Å². The van der Waals surface area contributed by atoms with E-state index >= 15 is 0 Å². The minimum absolute atomic E-state index is 0.00152. The summed E-state index contributed by atoms with van der Waals surface area (Å²) in [5.41, 5.74) is 0.757. The number of carbonyl (C=O) groups excluding carboxylic acids is 1. The van der Waals surface area contributed by atoms with Crippen LogP contribution < -0.4 is 0 Å². The highest BCUT2D eigenvalue weighted by molar-refractivity contribution is 5.72. The number of esters is 1. The van der Waals surface area contributed by atoms with Gasteiger partial charge in [0.1, 0.15) is 6.10 Å². The van der Waals surface area contributed by atoms with Crippen LogP contribution in [-0.4, -0.2) is 53.0 Å². The van der Waals surface area contributed by atoms with E-state index < -0.39 is 0 Å². The Morgan fingerprint density at radius 1 is 1.38 bits per heavy atom. The number of carbonyl (C=O) groups is 1. The highest BCUT2D eigenvalue weighted by atomic mass is 16.6. The molecule has 0 amide bonds. The Balaban J connectivity index is 1.54. The van der Waals surface area contributed by atoms with E-state index in [1.165, 1.54) is 7.11 Å². The van der Waals surface area contributed by atoms with Crippen molar-refractivity contribution in [3.05, 3.63) is 11.9 Å². The fourth-order valence-electron chi connectivity index (χ4n) is 3.64. The van der Waals surface area contributed by atoms with E-state index in [9.17, 15) is 4.79 Å². The van der Waals surface area contributed by atoms with E-state index in [1.54, 1.807) is 0 Å². The Morgan fingerprint density at radius 3 is 2.79 bits per heavy atom. The molecule has 0 radical (unpaired) electrons. The fourth-order valence-corrected chi connectivity index (χ4v) is 3.64. The summed E-state index contributed by atoms with van der Waals surface area (Å²) in [5.74, 6) is 0.324.